The summed E-state index contributed by atoms with van der Waals surface area (Å²) in [4.78, 5) is 47.4. The van der Waals surface area contributed by atoms with Gasteiger partial charge in [0.05, 0.1) is 29.6 Å². The third-order valence-corrected chi connectivity index (χ3v) is 7.14. The predicted molar refractivity (Wildman–Crippen MR) is 153 cm³/mol. The molecule has 2 aliphatic rings. The van der Waals surface area contributed by atoms with Crippen LogP contribution in [0.5, 0.6) is 11.5 Å². The van der Waals surface area contributed by atoms with Crippen LogP contribution < -0.4 is 19.4 Å². The lowest BCUT2D eigenvalue weighted by Crippen LogP contribution is -2.37. The lowest BCUT2D eigenvalue weighted by molar-refractivity contribution is -0.126. The number of hydrogen-bond acceptors (Lipinski definition) is 7. The van der Waals surface area contributed by atoms with Gasteiger partial charge in [0.15, 0.2) is 6.10 Å². The first-order valence-electron chi connectivity index (χ1n) is 13.5. The van der Waals surface area contributed by atoms with Gasteiger partial charge in [-0.2, -0.15) is 0 Å². The molecule has 41 heavy (non-hydrogen) atoms. The minimum Gasteiger partial charge on any atom is -0.494 e. The van der Waals surface area contributed by atoms with E-state index in [1.54, 1.807) is 77.9 Å². The maximum atomic E-state index is 13.9. The molecule has 2 fully saturated rings. The molecule has 8 nitrogen and oxygen atoms in total. The molecule has 206 valence electrons. The van der Waals surface area contributed by atoms with Crippen molar-refractivity contribution in [1.82, 2.24) is 0 Å². The molecule has 2 aliphatic heterocycles. The standard InChI is InChI=1S/C33H28N2O6/c1-2-21-39-26-19-15-24(16-20-26)34-31(36)28-29(35(41-30(28)32(34)37)25-11-7-4-8-12-25)22-13-17-27(18-14-22)40-33(38)23-9-5-3-6-10-23/h3-20,28-30H,2,21H2,1H3/t28-,29+,30-/m1/s1. The Morgan fingerprint density at radius 2 is 1.39 bits per heavy atom. The van der Waals surface area contributed by atoms with Crippen LogP contribution in [0.3, 0.4) is 0 Å². The summed E-state index contributed by atoms with van der Waals surface area (Å²) in [5.74, 6) is -0.968. The van der Waals surface area contributed by atoms with Crippen molar-refractivity contribution < 1.29 is 28.7 Å². The predicted octanol–water partition coefficient (Wildman–Crippen LogP) is 5.75. The van der Waals surface area contributed by atoms with Gasteiger partial charge >= 0.3 is 5.97 Å². The number of benzene rings is 4. The SMILES string of the molecule is CCCOc1ccc(N2C(=O)[C@H]3[C@@H](ON(c4ccccc4)[C@H]3c3ccc(OC(=O)c4ccccc4)cc3)C2=O)cc1. The van der Waals surface area contributed by atoms with Gasteiger partial charge in [-0.25, -0.2) is 14.8 Å². The summed E-state index contributed by atoms with van der Waals surface area (Å²) in [7, 11) is 0. The van der Waals surface area contributed by atoms with E-state index in [4.69, 9.17) is 14.3 Å². The van der Waals surface area contributed by atoms with Gasteiger partial charge in [0.1, 0.15) is 17.4 Å². The number of ether oxygens (including phenoxy) is 2. The summed E-state index contributed by atoms with van der Waals surface area (Å²) in [5, 5.41) is 1.63. The number of fused-ring (bicyclic) bond motifs is 1. The highest BCUT2D eigenvalue weighted by Gasteiger charge is 2.60. The molecule has 0 unspecified atom stereocenters. The molecule has 8 heteroatoms. The molecule has 2 heterocycles. The van der Waals surface area contributed by atoms with Gasteiger partial charge in [-0.1, -0.05) is 55.5 Å². The summed E-state index contributed by atoms with van der Waals surface area (Å²) < 4.78 is 11.2. The molecule has 0 aromatic heterocycles. The lowest BCUT2D eigenvalue weighted by atomic mass is 9.90. The number of anilines is 2. The first kappa shape index (κ1) is 26.3. The zero-order chi connectivity index (χ0) is 28.3. The van der Waals surface area contributed by atoms with Crippen molar-refractivity contribution in [2.24, 2.45) is 5.92 Å². The second kappa shape index (κ2) is 11.3. The molecule has 0 aliphatic carbocycles. The number of hydrogen-bond donors (Lipinski definition) is 0. The van der Waals surface area contributed by atoms with E-state index in [2.05, 4.69) is 0 Å². The second-order valence-corrected chi connectivity index (χ2v) is 9.84. The van der Waals surface area contributed by atoms with Gasteiger partial charge < -0.3 is 9.47 Å². The van der Waals surface area contributed by atoms with Crippen LogP contribution in [0.1, 0.15) is 35.3 Å². The van der Waals surface area contributed by atoms with E-state index in [9.17, 15) is 14.4 Å². The highest BCUT2D eigenvalue weighted by Crippen LogP contribution is 2.47. The molecular weight excluding hydrogens is 520 g/mol. The van der Waals surface area contributed by atoms with Gasteiger partial charge in [0, 0.05) is 0 Å². The van der Waals surface area contributed by atoms with Crippen LogP contribution in [-0.2, 0) is 14.4 Å². The molecule has 2 saturated heterocycles. The average molecular weight is 549 g/mol. The van der Waals surface area contributed by atoms with Gasteiger partial charge in [0.2, 0.25) is 5.91 Å². The van der Waals surface area contributed by atoms with E-state index < -0.39 is 29.9 Å². The van der Waals surface area contributed by atoms with Crippen LogP contribution in [0.2, 0.25) is 0 Å². The monoisotopic (exact) mass is 548 g/mol. The lowest BCUT2D eigenvalue weighted by Gasteiger charge is -2.28. The van der Waals surface area contributed by atoms with Crippen molar-refractivity contribution in [3.8, 4) is 11.5 Å². The number of hydroxylamine groups is 1. The first-order valence-corrected chi connectivity index (χ1v) is 13.5. The maximum Gasteiger partial charge on any atom is 0.343 e. The van der Waals surface area contributed by atoms with Crippen LogP contribution in [0, 0.1) is 5.92 Å². The Hall–Kier alpha value is -4.95. The van der Waals surface area contributed by atoms with Crippen LogP contribution in [0.4, 0.5) is 11.4 Å². The minimum atomic E-state index is -0.987. The molecule has 4 aromatic carbocycles. The first-order chi connectivity index (χ1) is 20.0. The fourth-order valence-electron chi connectivity index (χ4n) is 5.19. The van der Waals surface area contributed by atoms with Crippen LogP contribution in [0.25, 0.3) is 0 Å². The van der Waals surface area contributed by atoms with Gasteiger partial charge in [-0.15, -0.1) is 0 Å². The number of nitrogens with zero attached hydrogens (tertiary/aromatic N) is 2. The van der Waals surface area contributed by atoms with Crippen LogP contribution in [0.15, 0.2) is 109 Å². The number of rotatable bonds is 8. The summed E-state index contributed by atoms with van der Waals surface area (Å²) in [6.45, 7) is 2.61. The Bertz CT molecular complexity index is 1540. The number of carbonyl (C=O) groups excluding carboxylic acids is 3. The number of esters is 1. The fourth-order valence-corrected chi connectivity index (χ4v) is 5.19. The smallest absolute Gasteiger partial charge is 0.343 e. The Kier molecular flexibility index (Phi) is 7.22. The summed E-state index contributed by atoms with van der Waals surface area (Å²) >= 11 is 0. The summed E-state index contributed by atoms with van der Waals surface area (Å²) in [5.41, 5.74) is 2.37. The molecule has 0 radical (unpaired) electrons. The molecule has 0 bridgehead atoms. The van der Waals surface area contributed by atoms with E-state index in [1.807, 2.05) is 43.3 Å². The molecule has 4 aromatic rings. The molecular formula is C33H28N2O6. The third-order valence-electron chi connectivity index (χ3n) is 7.14. The summed E-state index contributed by atoms with van der Waals surface area (Å²) in [6.07, 6.45) is -0.110. The van der Waals surface area contributed by atoms with Crippen molar-refractivity contribution in [3.63, 3.8) is 0 Å². The second-order valence-electron chi connectivity index (χ2n) is 9.84. The van der Waals surface area contributed by atoms with Gasteiger partial charge in [-0.3, -0.25) is 14.4 Å². The number of para-hydroxylation sites is 1. The maximum absolute atomic E-state index is 13.9. The Morgan fingerprint density at radius 1 is 0.756 bits per heavy atom. The molecule has 0 spiro atoms. The van der Waals surface area contributed by atoms with Crippen molar-refractivity contribution in [2.75, 3.05) is 16.6 Å². The largest absolute Gasteiger partial charge is 0.494 e. The topological polar surface area (TPSA) is 85.4 Å². The molecule has 0 saturated carbocycles. The van der Waals surface area contributed by atoms with Crippen LogP contribution >= 0.6 is 0 Å². The Balaban J connectivity index is 1.29. The average Bonchev–Trinajstić information content (AvgIpc) is 3.53. The quantitative estimate of drug-likeness (QED) is 0.158. The van der Waals surface area contributed by atoms with E-state index >= 15 is 0 Å². The molecule has 3 atom stereocenters. The number of amides is 2. The Morgan fingerprint density at radius 3 is 2.05 bits per heavy atom. The van der Waals surface area contributed by atoms with Crippen molar-refractivity contribution in [2.45, 2.75) is 25.5 Å². The van der Waals surface area contributed by atoms with Crippen molar-refractivity contribution in [1.29, 1.82) is 0 Å². The van der Waals surface area contributed by atoms with E-state index in [0.29, 0.717) is 29.4 Å². The minimum absolute atomic E-state index is 0.342. The van der Waals surface area contributed by atoms with Crippen LogP contribution in [-0.4, -0.2) is 30.5 Å². The van der Waals surface area contributed by atoms with Crippen molar-refractivity contribution in [3.05, 3.63) is 120 Å². The van der Waals surface area contributed by atoms with E-state index in [1.165, 1.54) is 4.90 Å². The zero-order valence-corrected chi connectivity index (χ0v) is 22.4. The van der Waals surface area contributed by atoms with E-state index in [0.717, 1.165) is 17.7 Å². The van der Waals surface area contributed by atoms with Gasteiger partial charge in [0.25, 0.3) is 5.91 Å². The van der Waals surface area contributed by atoms with Crippen molar-refractivity contribution >= 4 is 29.2 Å². The number of imide groups is 1. The summed E-state index contributed by atoms with van der Waals surface area (Å²) in [6, 6.07) is 31.4. The third kappa shape index (κ3) is 5.05. The van der Waals surface area contributed by atoms with E-state index in [-0.39, 0.29) is 5.91 Å². The normalized spacial score (nSPS) is 19.8. The zero-order valence-electron chi connectivity index (χ0n) is 22.4. The molecule has 2 amide bonds. The highest BCUT2D eigenvalue weighted by atomic mass is 16.7. The molecule has 6 rings (SSSR count). The van der Waals surface area contributed by atoms with Gasteiger partial charge in [-0.05, 0) is 72.6 Å². The molecule has 0 N–H and O–H groups in total. The Labute approximate surface area is 237 Å². The number of carbonyl (C=O) groups is 3. The highest BCUT2D eigenvalue weighted by molar-refractivity contribution is 6.24. The fraction of sp³-hybridized carbons (Fsp3) is 0.182.